The molecule has 0 aromatic heterocycles. The largest absolute Gasteiger partial charge is 0.385 e. The molecule has 1 aliphatic carbocycles. The lowest BCUT2D eigenvalue weighted by Gasteiger charge is -2.25. The molecule has 0 aromatic carbocycles. The number of Topliss-reactive ketones (excluding diaryl/α,β-unsaturated/α-hetero) is 1. The molecule has 1 aliphatic rings. The van der Waals surface area contributed by atoms with Crippen LogP contribution in [0.3, 0.4) is 0 Å². The minimum Gasteiger partial charge on any atom is -0.385 e. The van der Waals surface area contributed by atoms with Crippen molar-refractivity contribution in [1.29, 1.82) is 5.41 Å². The zero-order valence-corrected chi connectivity index (χ0v) is 13.7. The van der Waals surface area contributed by atoms with Crippen molar-refractivity contribution in [3.63, 3.8) is 0 Å². The highest BCUT2D eigenvalue weighted by atomic mass is 16.5. The molecule has 0 heterocycles. The number of methoxy groups -OCH3 is 1. The molecule has 0 amide bonds. The fourth-order valence-electron chi connectivity index (χ4n) is 2.38. The van der Waals surface area contributed by atoms with E-state index in [2.05, 4.69) is 5.32 Å². The first-order valence-corrected chi connectivity index (χ1v) is 7.35. The van der Waals surface area contributed by atoms with Gasteiger partial charge in [0.05, 0.1) is 12.2 Å². The lowest BCUT2D eigenvalue weighted by molar-refractivity contribution is -0.112. The van der Waals surface area contributed by atoms with Gasteiger partial charge in [0, 0.05) is 50.9 Å². The summed E-state index contributed by atoms with van der Waals surface area (Å²) in [6.45, 7) is 5.28. The van der Waals surface area contributed by atoms with E-state index in [9.17, 15) is 4.79 Å². The van der Waals surface area contributed by atoms with Crippen LogP contribution in [0.4, 0.5) is 0 Å². The molecule has 1 saturated carbocycles. The minimum absolute atomic E-state index is 0.0198. The van der Waals surface area contributed by atoms with Crippen molar-refractivity contribution < 1.29 is 9.53 Å². The Labute approximate surface area is 127 Å². The first-order valence-electron chi connectivity index (χ1n) is 7.35. The van der Waals surface area contributed by atoms with E-state index in [-0.39, 0.29) is 11.7 Å². The lowest BCUT2D eigenvalue weighted by Crippen LogP contribution is -2.31. The van der Waals surface area contributed by atoms with Crippen LogP contribution in [0.5, 0.6) is 0 Å². The summed E-state index contributed by atoms with van der Waals surface area (Å²) in [6.07, 6.45) is 3.12. The predicted molar refractivity (Wildman–Crippen MR) is 85.5 cm³/mol. The maximum atomic E-state index is 12.7. The van der Waals surface area contributed by atoms with Crippen molar-refractivity contribution >= 4 is 11.5 Å². The van der Waals surface area contributed by atoms with Crippen molar-refractivity contribution in [2.24, 2.45) is 5.92 Å². The number of ether oxygens (including phenoxy) is 1. The Bertz CT molecular complexity index is 462. The van der Waals surface area contributed by atoms with Crippen molar-refractivity contribution in [1.82, 2.24) is 10.2 Å². The van der Waals surface area contributed by atoms with Crippen molar-refractivity contribution in [3.8, 4) is 0 Å². The van der Waals surface area contributed by atoms with Gasteiger partial charge in [0.15, 0.2) is 5.78 Å². The van der Waals surface area contributed by atoms with Gasteiger partial charge >= 0.3 is 0 Å². The molecule has 0 atom stereocenters. The van der Waals surface area contributed by atoms with E-state index in [0.717, 1.165) is 11.3 Å². The standard InChI is InChI=1S/C16H27N3O2/c1-11(2)15(18-8-9-21-5)14-13(17)7-6-12(16(14)20)10-19(3)4/h10-11,17-18H,6-9H2,1-5H3/b12-10+,15-14+,17-13?. The highest BCUT2D eigenvalue weighted by Gasteiger charge is 2.29. The molecule has 0 aromatic rings. The number of nitrogens with zero attached hydrogens (tertiary/aromatic N) is 1. The number of hydrogen-bond donors (Lipinski definition) is 2. The third-order valence-corrected chi connectivity index (χ3v) is 3.35. The zero-order chi connectivity index (χ0) is 16.0. The second-order valence-corrected chi connectivity index (χ2v) is 5.79. The van der Waals surface area contributed by atoms with Crippen LogP contribution in [-0.2, 0) is 9.53 Å². The molecule has 21 heavy (non-hydrogen) atoms. The quantitative estimate of drug-likeness (QED) is 0.580. The van der Waals surface area contributed by atoms with E-state index >= 15 is 0 Å². The Balaban J connectivity index is 3.14. The maximum Gasteiger partial charge on any atom is 0.194 e. The highest BCUT2D eigenvalue weighted by Crippen LogP contribution is 2.26. The van der Waals surface area contributed by atoms with Gasteiger partial charge in [-0.15, -0.1) is 0 Å². The van der Waals surface area contributed by atoms with Gasteiger partial charge in [0.1, 0.15) is 0 Å². The summed E-state index contributed by atoms with van der Waals surface area (Å²) >= 11 is 0. The van der Waals surface area contributed by atoms with Crippen LogP contribution < -0.4 is 5.32 Å². The first kappa shape index (κ1) is 17.4. The summed E-state index contributed by atoms with van der Waals surface area (Å²) in [5, 5.41) is 11.4. The van der Waals surface area contributed by atoms with E-state index in [1.807, 2.05) is 39.0 Å². The number of rotatable bonds is 6. The third-order valence-electron chi connectivity index (χ3n) is 3.35. The molecule has 5 nitrogen and oxygen atoms in total. The summed E-state index contributed by atoms with van der Waals surface area (Å²) in [5.74, 6) is 0.147. The van der Waals surface area contributed by atoms with Gasteiger partial charge in [0.25, 0.3) is 0 Å². The average Bonchev–Trinajstić information content (AvgIpc) is 2.40. The molecule has 118 valence electrons. The van der Waals surface area contributed by atoms with Gasteiger partial charge in [-0.2, -0.15) is 0 Å². The van der Waals surface area contributed by atoms with Crippen LogP contribution in [0.1, 0.15) is 26.7 Å². The number of nitrogens with one attached hydrogen (secondary N) is 2. The summed E-state index contributed by atoms with van der Waals surface area (Å²) in [4.78, 5) is 14.6. The lowest BCUT2D eigenvalue weighted by atomic mass is 9.84. The van der Waals surface area contributed by atoms with Crippen LogP contribution in [0.2, 0.25) is 0 Å². The number of ketones is 1. The van der Waals surface area contributed by atoms with Gasteiger partial charge in [-0.05, 0) is 18.8 Å². The van der Waals surface area contributed by atoms with Gasteiger partial charge in [-0.1, -0.05) is 13.8 Å². The summed E-state index contributed by atoms with van der Waals surface area (Å²) < 4.78 is 5.04. The number of allylic oxidation sites excluding steroid dienone is 3. The normalized spacial score (nSPS) is 20.2. The molecule has 0 spiro atoms. The van der Waals surface area contributed by atoms with Gasteiger partial charge in [0.2, 0.25) is 0 Å². The average molecular weight is 293 g/mol. The SMILES string of the molecule is COCCN/C(=C1\C(=N)CC/C(=C\N(C)C)C1=O)C(C)C. The van der Waals surface area contributed by atoms with E-state index in [1.165, 1.54) is 0 Å². The van der Waals surface area contributed by atoms with Gasteiger partial charge in [-0.25, -0.2) is 0 Å². The van der Waals surface area contributed by atoms with Crippen LogP contribution >= 0.6 is 0 Å². The molecule has 0 radical (unpaired) electrons. The molecule has 1 fully saturated rings. The van der Waals surface area contributed by atoms with Crippen molar-refractivity contribution in [2.75, 3.05) is 34.4 Å². The molecule has 0 unspecified atom stereocenters. The van der Waals surface area contributed by atoms with Crippen LogP contribution in [0.15, 0.2) is 23.0 Å². The fourth-order valence-corrected chi connectivity index (χ4v) is 2.38. The fraction of sp³-hybridized carbons (Fsp3) is 0.625. The second-order valence-electron chi connectivity index (χ2n) is 5.79. The summed E-state index contributed by atoms with van der Waals surface area (Å²) in [6, 6.07) is 0. The molecule has 1 rings (SSSR count). The minimum atomic E-state index is -0.0198. The van der Waals surface area contributed by atoms with Crippen LogP contribution in [0, 0.1) is 11.3 Å². The number of carbonyl (C=O) groups is 1. The maximum absolute atomic E-state index is 12.7. The molecule has 0 aliphatic heterocycles. The Hall–Kier alpha value is -1.62. The Morgan fingerprint density at radius 2 is 2.10 bits per heavy atom. The third kappa shape index (κ3) is 4.70. The molecular weight excluding hydrogens is 266 g/mol. The molecular formula is C16H27N3O2. The monoisotopic (exact) mass is 293 g/mol. The molecule has 5 heteroatoms. The van der Waals surface area contributed by atoms with Crippen LogP contribution in [0.25, 0.3) is 0 Å². The smallest absolute Gasteiger partial charge is 0.194 e. The Morgan fingerprint density at radius 1 is 1.43 bits per heavy atom. The highest BCUT2D eigenvalue weighted by molar-refractivity contribution is 6.29. The van der Waals surface area contributed by atoms with Crippen molar-refractivity contribution in [2.45, 2.75) is 26.7 Å². The zero-order valence-electron chi connectivity index (χ0n) is 13.7. The van der Waals surface area contributed by atoms with E-state index in [1.54, 1.807) is 7.11 Å². The predicted octanol–water partition coefficient (Wildman–Crippen LogP) is 1.96. The summed E-state index contributed by atoms with van der Waals surface area (Å²) in [5.41, 5.74) is 2.61. The van der Waals surface area contributed by atoms with Gasteiger partial charge in [-0.3, -0.25) is 4.79 Å². The Kier molecular flexibility index (Phi) is 6.62. The first-order chi connectivity index (χ1) is 9.88. The van der Waals surface area contributed by atoms with Crippen molar-refractivity contribution in [3.05, 3.63) is 23.0 Å². The Morgan fingerprint density at radius 3 is 2.62 bits per heavy atom. The van der Waals surface area contributed by atoms with E-state index in [0.29, 0.717) is 37.3 Å². The number of carbonyl (C=O) groups excluding carboxylic acids is 1. The summed E-state index contributed by atoms with van der Waals surface area (Å²) in [7, 11) is 5.46. The second kappa shape index (κ2) is 7.98. The number of hydrogen-bond acceptors (Lipinski definition) is 5. The molecule has 2 N–H and O–H groups in total. The van der Waals surface area contributed by atoms with E-state index in [4.69, 9.17) is 10.1 Å². The molecule has 0 bridgehead atoms. The van der Waals surface area contributed by atoms with Crippen LogP contribution in [-0.4, -0.2) is 50.8 Å². The topological polar surface area (TPSA) is 65.4 Å². The van der Waals surface area contributed by atoms with Gasteiger partial charge < -0.3 is 20.4 Å². The molecule has 0 saturated heterocycles. The van der Waals surface area contributed by atoms with E-state index < -0.39 is 0 Å².